The van der Waals surface area contributed by atoms with Crippen molar-refractivity contribution < 1.29 is 33.3 Å². The highest BCUT2D eigenvalue weighted by atomic mass is 35.7. The van der Waals surface area contributed by atoms with Crippen LogP contribution in [-0.4, -0.2) is 0 Å². The van der Waals surface area contributed by atoms with Crippen molar-refractivity contribution in [3.8, 4) is 22.6 Å². The summed E-state index contributed by atoms with van der Waals surface area (Å²) in [6, 6.07) is 25.0. The van der Waals surface area contributed by atoms with Crippen molar-refractivity contribution in [3.63, 3.8) is 0 Å². The van der Waals surface area contributed by atoms with Gasteiger partial charge in [-0.2, -0.15) is 0 Å². The van der Waals surface area contributed by atoms with Crippen LogP contribution in [0.5, 0.6) is 0 Å². The first-order valence-corrected chi connectivity index (χ1v) is 9.80. The number of hydrogen-bond donors (Lipinski definition) is 0. The predicted molar refractivity (Wildman–Crippen MR) is 92.6 cm³/mol. The lowest BCUT2D eigenvalue weighted by Gasteiger charge is -2.17. The maximum absolute atomic E-state index is 8.49. The fourth-order valence-corrected chi connectivity index (χ4v) is 2.57. The molecule has 0 amide bonds. The van der Waals surface area contributed by atoms with Gasteiger partial charge < -0.3 is 0 Å². The van der Waals surface area contributed by atoms with E-state index in [0.29, 0.717) is 0 Å². The van der Waals surface area contributed by atoms with E-state index in [1.807, 2.05) is 36.4 Å². The van der Waals surface area contributed by atoms with Crippen LogP contribution in [0.25, 0.3) is 22.6 Å². The Kier molecular flexibility index (Phi) is 7.91. The van der Waals surface area contributed by atoms with E-state index in [1.165, 1.54) is 18.4 Å². The van der Waals surface area contributed by atoms with Crippen molar-refractivity contribution in [1.82, 2.24) is 0 Å². The van der Waals surface area contributed by atoms with Gasteiger partial charge in [-0.05, 0) is 42.7 Å². The Morgan fingerprint density at radius 3 is 1.52 bits per heavy atom. The monoisotopic (exact) mass is 388 g/mol. The van der Waals surface area contributed by atoms with E-state index in [-0.39, 0.29) is 0 Å². The van der Waals surface area contributed by atoms with Gasteiger partial charge in [-0.15, -0.1) is 10.2 Å². The van der Waals surface area contributed by atoms with Crippen molar-refractivity contribution in [2.24, 2.45) is 0 Å². The molecule has 0 unspecified atom stereocenters. The van der Waals surface area contributed by atoms with E-state index in [4.69, 9.17) is 23.1 Å². The lowest BCUT2D eigenvalue weighted by atomic mass is 10.0. The van der Waals surface area contributed by atoms with E-state index in [2.05, 4.69) is 43.3 Å². The Balaban J connectivity index is 0.000000465. The van der Waals surface area contributed by atoms with Crippen molar-refractivity contribution in [3.05, 3.63) is 78.4 Å². The number of aryl methyl sites for hydroxylation is 1. The summed E-state index contributed by atoms with van der Waals surface area (Å²) in [7, 11) is -4.94. The number of rotatable bonds is 5. The van der Waals surface area contributed by atoms with Crippen LogP contribution in [0.3, 0.4) is 0 Å². The average molecular weight is 389 g/mol. The van der Waals surface area contributed by atoms with Crippen LogP contribution in [0.2, 0.25) is 0 Å². The SMILES string of the molecule is CCCCc1cc(-c2ccccc2)[o+]c(-c2ccccc2)c1.[O-][Cl+3]([O-])([O-])[O-]. The lowest BCUT2D eigenvalue weighted by molar-refractivity contribution is -2.00. The molecule has 0 spiro atoms. The van der Waals surface area contributed by atoms with Gasteiger partial charge in [0.25, 0.3) is 0 Å². The molecule has 1 heterocycles. The molecule has 0 fully saturated rings. The Morgan fingerprint density at radius 2 is 1.15 bits per heavy atom. The molecule has 27 heavy (non-hydrogen) atoms. The number of halogens is 1. The summed E-state index contributed by atoms with van der Waals surface area (Å²) in [5, 5.41) is 0. The topological polar surface area (TPSA) is 104 Å². The van der Waals surface area contributed by atoms with Gasteiger partial charge in [-0.3, -0.25) is 0 Å². The molecule has 0 bridgehead atoms. The number of benzene rings is 2. The average Bonchev–Trinajstić information content (AvgIpc) is 2.66. The summed E-state index contributed by atoms with van der Waals surface area (Å²) >= 11 is 0. The first-order valence-electron chi connectivity index (χ1n) is 8.56. The molecule has 0 aliphatic rings. The molecule has 0 saturated heterocycles. The van der Waals surface area contributed by atoms with Gasteiger partial charge in [0.2, 0.25) is 0 Å². The molecule has 5 nitrogen and oxygen atoms in total. The Bertz CT molecular complexity index is 753. The minimum absolute atomic E-state index is 0.938. The van der Waals surface area contributed by atoms with Gasteiger partial charge in [0.1, 0.15) is 0 Å². The molecule has 2 aromatic carbocycles. The highest BCUT2D eigenvalue weighted by molar-refractivity contribution is 5.64. The van der Waals surface area contributed by atoms with Crippen molar-refractivity contribution in [2.75, 3.05) is 0 Å². The molecule has 0 radical (unpaired) electrons. The van der Waals surface area contributed by atoms with Crippen molar-refractivity contribution in [2.45, 2.75) is 26.2 Å². The Hall–Kier alpha value is -2.28. The molecule has 3 aromatic rings. The van der Waals surface area contributed by atoms with Gasteiger partial charge in [0, 0.05) is 12.1 Å². The van der Waals surface area contributed by atoms with Crippen LogP contribution in [0, 0.1) is 10.2 Å². The summed E-state index contributed by atoms with van der Waals surface area (Å²) in [6.07, 6.45) is 3.49. The smallest absolute Gasteiger partial charge is 0.222 e. The van der Waals surface area contributed by atoms with Crippen LogP contribution in [0.1, 0.15) is 25.3 Å². The van der Waals surface area contributed by atoms with Crippen molar-refractivity contribution >= 4 is 0 Å². The minimum Gasteiger partial charge on any atom is -0.222 e. The predicted octanol–water partition coefficient (Wildman–Crippen LogP) is 1.48. The molecule has 0 saturated carbocycles. The molecule has 6 heteroatoms. The van der Waals surface area contributed by atoms with Gasteiger partial charge in [0.15, 0.2) is 0 Å². The summed E-state index contributed by atoms with van der Waals surface area (Å²) in [6.45, 7) is 2.23. The molecular weight excluding hydrogens is 368 g/mol. The third-order valence-electron chi connectivity index (χ3n) is 3.79. The maximum atomic E-state index is 8.49. The van der Waals surface area contributed by atoms with E-state index < -0.39 is 10.2 Å². The molecule has 3 rings (SSSR count). The molecule has 0 aliphatic heterocycles. The first kappa shape index (κ1) is 21.0. The normalized spacial score (nSPS) is 10.9. The lowest BCUT2D eigenvalue weighted by Crippen LogP contribution is -2.68. The largest absolute Gasteiger partial charge is 0.361 e. The maximum Gasteiger partial charge on any atom is 0.361 e. The second-order valence-electron chi connectivity index (χ2n) is 5.91. The van der Waals surface area contributed by atoms with Gasteiger partial charge in [0.05, 0.1) is 11.1 Å². The Morgan fingerprint density at radius 1 is 0.741 bits per heavy atom. The van der Waals surface area contributed by atoms with E-state index >= 15 is 0 Å². The van der Waals surface area contributed by atoms with Crippen LogP contribution < -0.4 is 18.6 Å². The second-order valence-corrected chi connectivity index (χ2v) is 6.66. The molecule has 0 aliphatic carbocycles. The quantitative estimate of drug-likeness (QED) is 0.616. The molecular formula is C21H21ClO5. The number of hydrogen-bond acceptors (Lipinski definition) is 4. The number of unbranched alkanes of at least 4 members (excludes halogenated alkanes) is 1. The van der Waals surface area contributed by atoms with Gasteiger partial charge >= 0.3 is 11.5 Å². The first-order chi connectivity index (χ1) is 12.9. The third-order valence-corrected chi connectivity index (χ3v) is 3.79. The van der Waals surface area contributed by atoms with Gasteiger partial charge in [-0.25, -0.2) is 23.1 Å². The van der Waals surface area contributed by atoms with E-state index in [0.717, 1.165) is 29.1 Å². The zero-order valence-corrected chi connectivity index (χ0v) is 15.7. The molecule has 142 valence electrons. The Labute approximate surface area is 160 Å². The van der Waals surface area contributed by atoms with Crippen molar-refractivity contribution in [1.29, 1.82) is 0 Å². The van der Waals surface area contributed by atoms with E-state index in [9.17, 15) is 0 Å². The van der Waals surface area contributed by atoms with Crippen LogP contribution in [0.15, 0.2) is 77.2 Å². The van der Waals surface area contributed by atoms with Crippen LogP contribution in [-0.2, 0) is 6.42 Å². The van der Waals surface area contributed by atoms with Crippen LogP contribution >= 0.6 is 0 Å². The zero-order chi connectivity index (χ0) is 19.7. The fraction of sp³-hybridized carbons (Fsp3) is 0.190. The highest BCUT2D eigenvalue weighted by Gasteiger charge is 2.19. The second kappa shape index (κ2) is 10.2. The standard InChI is InChI=1S/C21H21O.ClHO4/c1-2-3-10-17-15-20(18-11-6-4-7-12-18)22-21(16-17)19-13-8-5-9-14-19;2-1(3,4)5/h4-9,11-16H,2-3,10H2,1H3;(H,2,3,4,5)/q+1;/p-1. The van der Waals surface area contributed by atoms with Crippen LogP contribution in [0.4, 0.5) is 0 Å². The third kappa shape index (κ3) is 7.86. The minimum atomic E-state index is -4.94. The fourth-order valence-electron chi connectivity index (χ4n) is 2.57. The highest BCUT2D eigenvalue weighted by Crippen LogP contribution is 2.28. The van der Waals surface area contributed by atoms with E-state index in [1.54, 1.807) is 0 Å². The molecule has 0 atom stereocenters. The zero-order valence-electron chi connectivity index (χ0n) is 15.0. The summed E-state index contributed by atoms with van der Waals surface area (Å²) in [5.41, 5.74) is 3.59. The molecule has 1 aromatic heterocycles. The molecule has 0 N–H and O–H groups in total. The summed E-state index contributed by atoms with van der Waals surface area (Å²) < 4.78 is 40.1. The van der Waals surface area contributed by atoms with Gasteiger partial charge in [-0.1, -0.05) is 49.7 Å². The summed E-state index contributed by atoms with van der Waals surface area (Å²) in [5.74, 6) is 1.88. The summed E-state index contributed by atoms with van der Waals surface area (Å²) in [4.78, 5) is 0.